The molecule has 0 unspecified atom stereocenters. The molecule has 0 radical (unpaired) electrons. The minimum atomic E-state index is 0.627. The molecule has 0 spiro atoms. The Morgan fingerprint density at radius 3 is 2.59 bits per heavy atom. The molecule has 0 aliphatic heterocycles. The number of carbonyl (C=O) groups excluding carboxylic acids is 1. The van der Waals surface area contributed by atoms with Crippen molar-refractivity contribution in [1.29, 1.82) is 0 Å². The van der Waals surface area contributed by atoms with Gasteiger partial charge < -0.3 is 0 Å². The number of aromatic nitrogens is 2. The van der Waals surface area contributed by atoms with Crippen molar-refractivity contribution < 1.29 is 4.79 Å². The van der Waals surface area contributed by atoms with Gasteiger partial charge in [-0.15, -0.1) is 0 Å². The molecule has 17 heavy (non-hydrogen) atoms. The number of hydrogen-bond donors (Lipinski definition) is 0. The van der Waals surface area contributed by atoms with Gasteiger partial charge in [0.25, 0.3) is 0 Å². The molecule has 0 aliphatic carbocycles. The molecular weight excluding hydrogens is 212 g/mol. The summed E-state index contributed by atoms with van der Waals surface area (Å²) in [5.41, 5.74) is 5.00. The average molecular weight is 228 g/mol. The van der Waals surface area contributed by atoms with Crippen molar-refractivity contribution >= 4 is 6.29 Å². The van der Waals surface area contributed by atoms with Crippen LogP contribution in [0.4, 0.5) is 0 Å². The molecule has 88 valence electrons. The van der Waals surface area contributed by atoms with Crippen LogP contribution in [0.2, 0.25) is 0 Å². The van der Waals surface area contributed by atoms with Gasteiger partial charge in [0, 0.05) is 12.1 Å². The Labute approximate surface area is 101 Å². The van der Waals surface area contributed by atoms with Gasteiger partial charge in [0.1, 0.15) is 5.69 Å². The zero-order valence-corrected chi connectivity index (χ0v) is 10.4. The molecule has 0 bridgehead atoms. The summed E-state index contributed by atoms with van der Waals surface area (Å²) in [4.78, 5) is 10.9. The maximum Gasteiger partial charge on any atom is 0.168 e. The smallest absolute Gasteiger partial charge is 0.168 e. The Hall–Kier alpha value is -1.90. The topological polar surface area (TPSA) is 34.9 Å². The second kappa shape index (κ2) is 4.53. The van der Waals surface area contributed by atoms with E-state index in [-0.39, 0.29) is 0 Å². The van der Waals surface area contributed by atoms with Gasteiger partial charge in [-0.25, -0.2) is 0 Å². The molecule has 0 aliphatic rings. The highest BCUT2D eigenvalue weighted by molar-refractivity contribution is 5.76. The molecule has 0 saturated carbocycles. The molecule has 0 amide bonds. The Bertz CT molecular complexity index is 555. The largest absolute Gasteiger partial charge is 0.296 e. The lowest BCUT2D eigenvalue weighted by Crippen LogP contribution is -2.01. The van der Waals surface area contributed by atoms with Crippen molar-refractivity contribution in [2.24, 2.45) is 0 Å². The van der Waals surface area contributed by atoms with E-state index < -0.39 is 0 Å². The van der Waals surface area contributed by atoms with Crippen LogP contribution < -0.4 is 0 Å². The van der Waals surface area contributed by atoms with Crippen LogP contribution >= 0.6 is 0 Å². The summed E-state index contributed by atoms with van der Waals surface area (Å²) < 4.78 is 1.72. The van der Waals surface area contributed by atoms with Gasteiger partial charge in [-0.1, -0.05) is 23.8 Å². The van der Waals surface area contributed by atoms with Crippen molar-refractivity contribution in [3.63, 3.8) is 0 Å². The van der Waals surface area contributed by atoms with Gasteiger partial charge in [-0.3, -0.25) is 9.48 Å². The maximum absolute atomic E-state index is 10.9. The second-order valence-corrected chi connectivity index (χ2v) is 4.21. The van der Waals surface area contributed by atoms with Crippen molar-refractivity contribution in [3.8, 4) is 11.3 Å². The molecular formula is C14H16N2O. The molecule has 3 nitrogen and oxygen atoms in total. The highest BCUT2D eigenvalue weighted by Gasteiger charge is 2.09. The third kappa shape index (κ3) is 2.13. The van der Waals surface area contributed by atoms with E-state index in [1.807, 2.05) is 13.0 Å². The molecule has 3 heteroatoms. The summed E-state index contributed by atoms with van der Waals surface area (Å²) in [5, 5.41) is 4.45. The normalized spacial score (nSPS) is 10.5. The van der Waals surface area contributed by atoms with Gasteiger partial charge in [0.05, 0.1) is 5.69 Å². The van der Waals surface area contributed by atoms with E-state index in [0.717, 1.165) is 17.5 Å². The number of nitrogens with zero attached hydrogens (tertiary/aromatic N) is 2. The third-order valence-corrected chi connectivity index (χ3v) is 2.89. The predicted octanol–water partition coefficient (Wildman–Crippen LogP) is 3.00. The lowest BCUT2D eigenvalue weighted by Gasteiger charge is -2.03. The van der Waals surface area contributed by atoms with Crippen LogP contribution in [0.1, 0.15) is 28.5 Å². The Morgan fingerprint density at radius 2 is 2.06 bits per heavy atom. The van der Waals surface area contributed by atoms with Gasteiger partial charge in [0.15, 0.2) is 6.29 Å². The number of carbonyl (C=O) groups is 1. The highest BCUT2D eigenvalue weighted by Crippen LogP contribution is 2.23. The van der Waals surface area contributed by atoms with Gasteiger partial charge in [0.2, 0.25) is 0 Å². The Morgan fingerprint density at radius 1 is 1.29 bits per heavy atom. The number of aryl methyl sites for hydroxylation is 3. The first-order chi connectivity index (χ1) is 8.15. The van der Waals surface area contributed by atoms with E-state index in [1.165, 1.54) is 11.1 Å². The van der Waals surface area contributed by atoms with E-state index in [2.05, 4.69) is 37.1 Å². The molecule has 0 saturated heterocycles. The summed E-state index contributed by atoms with van der Waals surface area (Å²) in [7, 11) is 0. The Kier molecular flexibility index (Phi) is 3.09. The summed E-state index contributed by atoms with van der Waals surface area (Å²) in [5.74, 6) is 0. The summed E-state index contributed by atoms with van der Waals surface area (Å²) in [6, 6.07) is 8.09. The first kappa shape index (κ1) is 11.6. The molecule has 0 fully saturated rings. The van der Waals surface area contributed by atoms with Crippen molar-refractivity contribution in [2.45, 2.75) is 27.3 Å². The first-order valence-corrected chi connectivity index (χ1v) is 5.76. The van der Waals surface area contributed by atoms with Crippen molar-refractivity contribution in [2.75, 3.05) is 0 Å². The van der Waals surface area contributed by atoms with Crippen LogP contribution in [0.25, 0.3) is 11.3 Å². The van der Waals surface area contributed by atoms with Gasteiger partial charge in [-0.2, -0.15) is 5.10 Å². The lowest BCUT2D eigenvalue weighted by atomic mass is 10.0. The van der Waals surface area contributed by atoms with E-state index in [9.17, 15) is 4.79 Å². The summed E-state index contributed by atoms with van der Waals surface area (Å²) in [6.45, 7) is 6.82. The molecule has 0 N–H and O–H groups in total. The van der Waals surface area contributed by atoms with E-state index in [4.69, 9.17) is 0 Å². The number of aldehydes is 1. The van der Waals surface area contributed by atoms with Crippen LogP contribution in [0.15, 0.2) is 24.3 Å². The molecule has 1 aromatic heterocycles. The molecule has 2 rings (SSSR count). The minimum Gasteiger partial charge on any atom is -0.296 e. The van der Waals surface area contributed by atoms with Crippen LogP contribution in [-0.4, -0.2) is 16.1 Å². The van der Waals surface area contributed by atoms with Crippen LogP contribution in [0.3, 0.4) is 0 Å². The monoisotopic (exact) mass is 228 g/mol. The quantitative estimate of drug-likeness (QED) is 0.757. The molecule has 2 aromatic rings. The van der Waals surface area contributed by atoms with Crippen LogP contribution in [0, 0.1) is 13.8 Å². The highest BCUT2D eigenvalue weighted by atomic mass is 16.1. The number of rotatable bonds is 3. The van der Waals surface area contributed by atoms with Gasteiger partial charge >= 0.3 is 0 Å². The van der Waals surface area contributed by atoms with E-state index in [1.54, 1.807) is 4.68 Å². The molecule has 0 atom stereocenters. The first-order valence-electron chi connectivity index (χ1n) is 5.76. The van der Waals surface area contributed by atoms with E-state index in [0.29, 0.717) is 12.2 Å². The maximum atomic E-state index is 10.9. The molecule has 1 aromatic carbocycles. The summed E-state index contributed by atoms with van der Waals surface area (Å²) >= 11 is 0. The van der Waals surface area contributed by atoms with E-state index >= 15 is 0 Å². The zero-order valence-electron chi connectivity index (χ0n) is 10.4. The fourth-order valence-corrected chi connectivity index (χ4v) is 2.01. The van der Waals surface area contributed by atoms with Crippen molar-refractivity contribution in [3.05, 3.63) is 41.1 Å². The van der Waals surface area contributed by atoms with Gasteiger partial charge in [-0.05, 0) is 32.4 Å². The average Bonchev–Trinajstić information content (AvgIpc) is 2.72. The zero-order chi connectivity index (χ0) is 12.4. The Balaban J connectivity index is 2.52. The minimum absolute atomic E-state index is 0.627. The lowest BCUT2D eigenvalue weighted by molar-refractivity contribution is 0.111. The predicted molar refractivity (Wildman–Crippen MR) is 68.2 cm³/mol. The van der Waals surface area contributed by atoms with Crippen LogP contribution in [-0.2, 0) is 6.54 Å². The fraction of sp³-hybridized carbons (Fsp3) is 0.286. The second-order valence-electron chi connectivity index (χ2n) is 4.21. The fourth-order valence-electron chi connectivity index (χ4n) is 2.01. The van der Waals surface area contributed by atoms with Crippen LogP contribution in [0.5, 0.6) is 0 Å². The van der Waals surface area contributed by atoms with Crippen molar-refractivity contribution in [1.82, 2.24) is 9.78 Å². The summed E-state index contributed by atoms with van der Waals surface area (Å²) in [6.07, 6.45) is 0.851. The SMILES string of the molecule is CCn1nc(-c2ccc(C)cc2C)cc1C=O. The number of hydrogen-bond acceptors (Lipinski definition) is 2. The molecule has 1 heterocycles. The third-order valence-electron chi connectivity index (χ3n) is 2.89. The standard InChI is InChI=1S/C14H16N2O/c1-4-16-12(9-17)8-14(15-16)13-6-5-10(2)7-11(13)3/h5-9H,4H2,1-3H3. The number of benzene rings is 1.